The van der Waals surface area contributed by atoms with Gasteiger partial charge in [0.05, 0.1) is 22.5 Å². The minimum atomic E-state index is -0.287. The minimum Gasteiger partial charge on any atom is -0.354 e. The van der Waals surface area contributed by atoms with Crippen molar-refractivity contribution in [3.8, 4) is 5.69 Å². The summed E-state index contributed by atoms with van der Waals surface area (Å²) >= 11 is 0. The summed E-state index contributed by atoms with van der Waals surface area (Å²) in [5.41, 5.74) is 2.54. The van der Waals surface area contributed by atoms with Crippen LogP contribution in [-0.4, -0.2) is 56.0 Å². The van der Waals surface area contributed by atoms with Crippen LogP contribution in [0.4, 0.5) is 0 Å². The molecule has 0 saturated carbocycles. The molecule has 0 bridgehead atoms. The van der Waals surface area contributed by atoms with Crippen molar-refractivity contribution < 1.29 is 4.79 Å². The lowest BCUT2D eigenvalue weighted by molar-refractivity contribution is -0.121. The average molecular weight is 451 g/mol. The van der Waals surface area contributed by atoms with Gasteiger partial charge in [-0.15, -0.1) is 0 Å². The number of hydrogen-bond acceptors (Lipinski definition) is 5. The summed E-state index contributed by atoms with van der Waals surface area (Å²) in [6, 6.07) is 10.4. The lowest BCUT2D eigenvalue weighted by Crippen LogP contribution is -2.41. The Labute approximate surface area is 194 Å². The second-order valence-corrected chi connectivity index (χ2v) is 8.90. The lowest BCUT2D eigenvalue weighted by atomic mass is 10.00. The number of aryl methyl sites for hydroxylation is 2. The van der Waals surface area contributed by atoms with E-state index in [1.54, 1.807) is 4.68 Å². The molecule has 1 fully saturated rings. The van der Waals surface area contributed by atoms with Crippen LogP contribution < -0.4 is 10.9 Å². The van der Waals surface area contributed by atoms with Crippen LogP contribution in [0.5, 0.6) is 0 Å². The Bertz CT molecular complexity index is 1170. The van der Waals surface area contributed by atoms with Crippen LogP contribution in [0.15, 0.2) is 35.1 Å². The number of hydrogen-bond donors (Lipinski definition) is 1. The van der Waals surface area contributed by atoms with E-state index in [0.717, 1.165) is 30.9 Å². The van der Waals surface area contributed by atoms with E-state index in [1.807, 2.05) is 44.2 Å². The number of amides is 1. The smallest absolute Gasteiger partial charge is 0.278 e. The molecule has 1 saturated heterocycles. The number of fused-ring (bicyclic) bond motifs is 1. The number of para-hydroxylation sites is 1. The molecule has 0 aliphatic carbocycles. The summed E-state index contributed by atoms with van der Waals surface area (Å²) in [4.78, 5) is 28.2. The fourth-order valence-corrected chi connectivity index (χ4v) is 4.86. The predicted molar refractivity (Wildman–Crippen MR) is 130 cm³/mol. The van der Waals surface area contributed by atoms with Crippen molar-refractivity contribution >= 4 is 16.8 Å². The summed E-state index contributed by atoms with van der Waals surface area (Å²) in [5, 5.41) is 12.5. The lowest BCUT2D eigenvalue weighted by Gasteiger charge is -2.35. The third-order valence-electron chi connectivity index (χ3n) is 6.64. The molecular formula is C25H34N6O2. The molecule has 1 aliphatic heterocycles. The van der Waals surface area contributed by atoms with Crippen molar-refractivity contribution in [2.24, 2.45) is 0 Å². The topological polar surface area (TPSA) is 85.1 Å². The monoisotopic (exact) mass is 450 g/mol. The van der Waals surface area contributed by atoms with Crippen molar-refractivity contribution in [3.05, 3.63) is 52.1 Å². The van der Waals surface area contributed by atoms with Gasteiger partial charge in [-0.3, -0.25) is 9.59 Å². The summed E-state index contributed by atoms with van der Waals surface area (Å²) in [7, 11) is 0. The number of likely N-dealkylation sites (tertiary alicyclic amines) is 1. The third-order valence-corrected chi connectivity index (χ3v) is 6.64. The highest BCUT2D eigenvalue weighted by Crippen LogP contribution is 2.20. The molecule has 176 valence electrons. The van der Waals surface area contributed by atoms with Crippen molar-refractivity contribution in [2.45, 2.75) is 65.5 Å². The summed E-state index contributed by atoms with van der Waals surface area (Å²) < 4.78 is 3.02. The van der Waals surface area contributed by atoms with E-state index < -0.39 is 0 Å². The van der Waals surface area contributed by atoms with Crippen molar-refractivity contribution in [1.82, 2.24) is 29.8 Å². The van der Waals surface area contributed by atoms with E-state index in [2.05, 4.69) is 27.3 Å². The molecule has 1 N–H and O–H groups in total. The number of nitrogens with zero attached hydrogens (tertiary/aromatic N) is 5. The van der Waals surface area contributed by atoms with Gasteiger partial charge in [-0.1, -0.05) is 31.5 Å². The highest BCUT2D eigenvalue weighted by molar-refractivity contribution is 5.83. The van der Waals surface area contributed by atoms with Gasteiger partial charge < -0.3 is 10.2 Å². The highest BCUT2D eigenvalue weighted by atomic mass is 16.2. The van der Waals surface area contributed by atoms with Crippen LogP contribution in [0.1, 0.15) is 50.4 Å². The molecule has 1 atom stereocenters. The molecule has 4 rings (SSSR count). The zero-order chi connectivity index (χ0) is 23.4. The number of benzene rings is 1. The zero-order valence-corrected chi connectivity index (χ0v) is 19.9. The van der Waals surface area contributed by atoms with E-state index in [9.17, 15) is 9.59 Å². The molecule has 33 heavy (non-hydrogen) atoms. The first-order valence-corrected chi connectivity index (χ1v) is 12.0. The standard InChI is InChI=1S/C25H34N6O2/c1-4-20-11-8-9-15-29(20)16-10-14-26-22(32)17-30-25(33)23-19(3)31(21-12-6-5-7-13-21)28-24(23)18(2)27-30/h5-7,12-13,20H,4,8-11,14-17H2,1-3H3,(H,26,32)/t20-/m0/s1. The predicted octanol–water partition coefficient (Wildman–Crippen LogP) is 2.97. The van der Waals surface area contributed by atoms with Crippen LogP contribution in [0, 0.1) is 13.8 Å². The molecular weight excluding hydrogens is 416 g/mol. The van der Waals surface area contributed by atoms with Gasteiger partial charge in [-0.2, -0.15) is 10.2 Å². The SMILES string of the molecule is CC[C@H]1CCCCN1CCCNC(=O)Cn1nc(C)c2nn(-c3ccccc3)c(C)c2c1=O. The Kier molecular flexibility index (Phi) is 7.23. The van der Waals surface area contributed by atoms with Crippen LogP contribution in [0.3, 0.4) is 0 Å². The fraction of sp³-hybridized carbons (Fsp3) is 0.520. The van der Waals surface area contributed by atoms with Crippen LogP contribution in [0.25, 0.3) is 16.6 Å². The van der Waals surface area contributed by atoms with Crippen molar-refractivity contribution in [1.29, 1.82) is 0 Å². The van der Waals surface area contributed by atoms with Crippen molar-refractivity contribution in [2.75, 3.05) is 19.6 Å². The summed E-state index contributed by atoms with van der Waals surface area (Å²) in [6.07, 6.45) is 5.95. The first-order chi connectivity index (χ1) is 16.0. The Balaban J connectivity index is 1.42. The molecule has 8 heteroatoms. The highest BCUT2D eigenvalue weighted by Gasteiger charge is 2.21. The molecule has 3 aromatic rings. The molecule has 1 aliphatic rings. The van der Waals surface area contributed by atoms with Crippen LogP contribution >= 0.6 is 0 Å². The van der Waals surface area contributed by atoms with E-state index in [4.69, 9.17) is 0 Å². The number of aromatic nitrogens is 4. The quantitative estimate of drug-likeness (QED) is 0.534. The largest absolute Gasteiger partial charge is 0.354 e. The molecule has 3 heterocycles. The number of carbonyl (C=O) groups is 1. The number of piperidine rings is 1. The number of nitrogens with one attached hydrogen (secondary N) is 1. The second-order valence-electron chi connectivity index (χ2n) is 8.90. The Morgan fingerprint density at radius 1 is 1.15 bits per heavy atom. The zero-order valence-electron chi connectivity index (χ0n) is 19.9. The van der Waals surface area contributed by atoms with E-state index in [-0.39, 0.29) is 18.0 Å². The Hall–Kier alpha value is -3.00. The second kappa shape index (κ2) is 10.3. The van der Waals surface area contributed by atoms with Crippen LogP contribution in [-0.2, 0) is 11.3 Å². The molecule has 0 unspecified atom stereocenters. The Morgan fingerprint density at radius 3 is 2.70 bits per heavy atom. The molecule has 8 nitrogen and oxygen atoms in total. The van der Waals surface area contributed by atoms with Gasteiger partial charge in [0.25, 0.3) is 5.56 Å². The van der Waals surface area contributed by atoms with E-state index >= 15 is 0 Å². The van der Waals surface area contributed by atoms with Gasteiger partial charge in [0.2, 0.25) is 5.91 Å². The van der Waals surface area contributed by atoms with Gasteiger partial charge in [-0.05, 0) is 58.2 Å². The average Bonchev–Trinajstić information content (AvgIpc) is 3.19. The third kappa shape index (κ3) is 5.00. The van der Waals surface area contributed by atoms with Crippen LogP contribution in [0.2, 0.25) is 0 Å². The normalized spacial score (nSPS) is 16.9. The molecule has 1 aromatic carbocycles. The van der Waals surface area contributed by atoms with Gasteiger partial charge in [-0.25, -0.2) is 9.36 Å². The first-order valence-electron chi connectivity index (χ1n) is 12.0. The number of carbonyl (C=O) groups excluding carboxylic acids is 1. The van der Waals surface area contributed by atoms with Gasteiger partial charge in [0, 0.05) is 19.1 Å². The minimum absolute atomic E-state index is 0.0904. The van der Waals surface area contributed by atoms with Crippen molar-refractivity contribution in [3.63, 3.8) is 0 Å². The maximum atomic E-state index is 13.1. The molecule has 2 aromatic heterocycles. The maximum Gasteiger partial charge on any atom is 0.278 e. The first kappa shape index (κ1) is 23.2. The Morgan fingerprint density at radius 2 is 1.94 bits per heavy atom. The molecule has 0 radical (unpaired) electrons. The summed E-state index contributed by atoms with van der Waals surface area (Å²) in [6.45, 7) is 8.61. The van der Waals surface area contributed by atoms with Gasteiger partial charge in [0.15, 0.2) is 0 Å². The van der Waals surface area contributed by atoms with E-state index in [0.29, 0.717) is 29.2 Å². The number of rotatable bonds is 8. The fourth-order valence-electron chi connectivity index (χ4n) is 4.86. The maximum absolute atomic E-state index is 13.1. The van der Waals surface area contributed by atoms with Gasteiger partial charge in [0.1, 0.15) is 12.1 Å². The summed E-state index contributed by atoms with van der Waals surface area (Å²) in [5.74, 6) is -0.192. The molecule has 0 spiro atoms. The van der Waals surface area contributed by atoms with Gasteiger partial charge >= 0.3 is 0 Å². The van der Waals surface area contributed by atoms with E-state index in [1.165, 1.54) is 30.4 Å². The molecule has 1 amide bonds.